The number of rotatable bonds is 4. The molecule has 0 bridgehead atoms. The number of nitrogens with zero attached hydrogens (tertiary/aromatic N) is 4. The predicted octanol–water partition coefficient (Wildman–Crippen LogP) is 6.01. The van der Waals surface area contributed by atoms with Crippen molar-refractivity contribution in [1.29, 1.82) is 5.26 Å². The summed E-state index contributed by atoms with van der Waals surface area (Å²) in [5.41, 5.74) is 5.00. The van der Waals surface area contributed by atoms with Gasteiger partial charge >= 0.3 is 0 Å². The Morgan fingerprint density at radius 3 is 2.19 bits per heavy atom. The second-order valence-corrected chi connectivity index (χ2v) is 7.68. The van der Waals surface area contributed by atoms with E-state index < -0.39 is 11.6 Å². The van der Waals surface area contributed by atoms with Crippen LogP contribution in [-0.4, -0.2) is 15.5 Å². The molecule has 5 rings (SSSR count). The number of nitriles is 1. The van der Waals surface area contributed by atoms with E-state index in [2.05, 4.69) is 16.2 Å². The first kappa shape index (κ1) is 19.8. The smallest absolute Gasteiger partial charge is 0.135 e. The van der Waals surface area contributed by atoms with Gasteiger partial charge in [-0.2, -0.15) is 10.4 Å². The van der Waals surface area contributed by atoms with Gasteiger partial charge in [0, 0.05) is 11.9 Å². The van der Waals surface area contributed by atoms with Crippen LogP contribution in [0, 0.1) is 23.0 Å². The third-order valence-electron chi connectivity index (χ3n) is 5.69. The first-order chi connectivity index (χ1) is 15.6. The molecule has 0 spiro atoms. The highest BCUT2D eigenvalue weighted by atomic mass is 19.1. The Morgan fingerprint density at radius 1 is 0.906 bits per heavy atom. The molecule has 1 aliphatic rings. The molecule has 0 saturated carbocycles. The van der Waals surface area contributed by atoms with Gasteiger partial charge < -0.3 is 0 Å². The van der Waals surface area contributed by atoms with E-state index in [1.165, 1.54) is 24.4 Å². The van der Waals surface area contributed by atoms with Gasteiger partial charge in [-0.05, 0) is 53.8 Å². The molecule has 3 aromatic carbocycles. The zero-order chi connectivity index (χ0) is 22.1. The van der Waals surface area contributed by atoms with Crippen molar-refractivity contribution in [3.05, 3.63) is 107 Å². The maximum Gasteiger partial charge on any atom is 0.135 e. The topological polar surface area (TPSA) is 54.0 Å². The van der Waals surface area contributed by atoms with E-state index in [-0.39, 0.29) is 11.6 Å². The van der Waals surface area contributed by atoms with E-state index in [9.17, 15) is 8.78 Å². The van der Waals surface area contributed by atoms with Gasteiger partial charge in [-0.1, -0.05) is 42.5 Å². The Bertz CT molecular complexity index is 1330. The fourth-order valence-corrected chi connectivity index (χ4v) is 4.02. The quantitative estimate of drug-likeness (QED) is 0.403. The summed E-state index contributed by atoms with van der Waals surface area (Å²) >= 11 is 0. The van der Waals surface area contributed by atoms with Crippen molar-refractivity contribution >= 4 is 5.71 Å². The van der Waals surface area contributed by atoms with E-state index in [0.717, 1.165) is 28.8 Å². The number of aromatic nitrogens is 2. The van der Waals surface area contributed by atoms with Gasteiger partial charge in [0.1, 0.15) is 17.7 Å². The maximum atomic E-state index is 14.1. The summed E-state index contributed by atoms with van der Waals surface area (Å²) in [5.74, 6) is -1.13. The van der Waals surface area contributed by atoms with Crippen molar-refractivity contribution in [2.75, 3.05) is 0 Å². The molecule has 1 atom stereocenters. The molecule has 0 fully saturated rings. The van der Waals surface area contributed by atoms with Gasteiger partial charge in [0.25, 0.3) is 0 Å². The second-order valence-electron chi connectivity index (χ2n) is 7.68. The third-order valence-corrected chi connectivity index (χ3v) is 5.69. The summed E-state index contributed by atoms with van der Waals surface area (Å²) in [5, 5.41) is 13.1. The van der Waals surface area contributed by atoms with E-state index in [1.54, 1.807) is 10.9 Å². The maximum absolute atomic E-state index is 14.1. The minimum atomic E-state index is -0.567. The molecule has 32 heavy (non-hydrogen) atoms. The van der Waals surface area contributed by atoms with Crippen LogP contribution in [0.5, 0.6) is 0 Å². The van der Waals surface area contributed by atoms with Gasteiger partial charge in [-0.15, -0.1) is 0 Å². The first-order valence-electron chi connectivity index (χ1n) is 10.3. The SMILES string of the molecule is N#Cc1cnn(-c2ccc(-c3ccc(C4CCC(c5c(F)cccc5F)=N4)cc3)cc2)c1. The Hall–Kier alpha value is -4.11. The highest BCUT2D eigenvalue weighted by Gasteiger charge is 2.24. The molecule has 0 aliphatic carbocycles. The van der Waals surface area contributed by atoms with Crippen molar-refractivity contribution in [2.24, 2.45) is 4.99 Å². The molecule has 0 saturated heterocycles. The Kier molecular flexibility index (Phi) is 5.08. The van der Waals surface area contributed by atoms with Crippen LogP contribution >= 0.6 is 0 Å². The highest BCUT2D eigenvalue weighted by Crippen LogP contribution is 2.33. The van der Waals surface area contributed by atoms with Crippen LogP contribution in [0.1, 0.15) is 35.6 Å². The van der Waals surface area contributed by atoms with Crippen LogP contribution in [-0.2, 0) is 0 Å². The van der Waals surface area contributed by atoms with Crippen LogP contribution in [0.4, 0.5) is 8.78 Å². The molecule has 4 nitrogen and oxygen atoms in total. The molecule has 6 heteroatoms. The second kappa shape index (κ2) is 8.20. The van der Waals surface area contributed by atoms with Crippen molar-refractivity contribution in [1.82, 2.24) is 9.78 Å². The average molecular weight is 424 g/mol. The van der Waals surface area contributed by atoms with Gasteiger partial charge in [0.2, 0.25) is 0 Å². The van der Waals surface area contributed by atoms with Crippen LogP contribution in [0.2, 0.25) is 0 Å². The average Bonchev–Trinajstić information content (AvgIpc) is 3.50. The normalized spacial score (nSPS) is 15.4. The molecule has 0 amide bonds. The van der Waals surface area contributed by atoms with Crippen molar-refractivity contribution < 1.29 is 8.78 Å². The summed E-state index contributed by atoms with van der Waals surface area (Å²) in [6, 6.07) is 21.9. The van der Waals surface area contributed by atoms with E-state index in [1.807, 2.05) is 48.5 Å². The summed E-state index contributed by atoms with van der Waals surface area (Å²) in [6.45, 7) is 0. The standard InChI is InChI=1S/C26H18F2N4/c27-22-2-1-3-23(28)26(22)25-13-12-24(31-25)20-6-4-18(5-7-20)19-8-10-21(11-9-19)32-16-17(14-29)15-30-32/h1-11,15-16,24H,12-13H2. The Morgan fingerprint density at radius 2 is 1.56 bits per heavy atom. The third kappa shape index (κ3) is 3.69. The monoisotopic (exact) mass is 424 g/mol. The van der Waals surface area contributed by atoms with Crippen LogP contribution in [0.3, 0.4) is 0 Å². The van der Waals surface area contributed by atoms with Crippen molar-refractivity contribution in [3.8, 4) is 22.9 Å². The Balaban J connectivity index is 1.34. The van der Waals surface area contributed by atoms with Crippen LogP contribution in [0.25, 0.3) is 16.8 Å². The zero-order valence-electron chi connectivity index (χ0n) is 17.0. The van der Waals surface area contributed by atoms with Crippen LogP contribution < -0.4 is 0 Å². The minimum Gasteiger partial charge on any atom is -0.281 e. The molecule has 2 heterocycles. The fraction of sp³-hybridized carbons (Fsp3) is 0.115. The number of halogens is 2. The zero-order valence-corrected chi connectivity index (χ0v) is 17.0. The fourth-order valence-electron chi connectivity index (χ4n) is 4.02. The highest BCUT2D eigenvalue weighted by molar-refractivity contribution is 6.02. The number of aliphatic imine (C=N–C) groups is 1. The number of benzene rings is 3. The number of hydrogen-bond acceptors (Lipinski definition) is 3. The van der Waals surface area contributed by atoms with Crippen molar-refractivity contribution in [3.63, 3.8) is 0 Å². The van der Waals surface area contributed by atoms with E-state index in [4.69, 9.17) is 5.26 Å². The minimum absolute atomic E-state index is 0.00853. The lowest BCUT2D eigenvalue weighted by Gasteiger charge is -2.09. The molecule has 1 unspecified atom stereocenters. The summed E-state index contributed by atoms with van der Waals surface area (Å²) in [6.07, 6.45) is 4.50. The molecule has 156 valence electrons. The lowest BCUT2D eigenvalue weighted by atomic mass is 9.99. The van der Waals surface area contributed by atoms with E-state index >= 15 is 0 Å². The molecule has 4 aromatic rings. The Labute approximate surface area is 184 Å². The largest absolute Gasteiger partial charge is 0.281 e. The van der Waals surface area contributed by atoms with Gasteiger partial charge in [0.15, 0.2) is 0 Å². The molecule has 0 N–H and O–H groups in total. The van der Waals surface area contributed by atoms with Gasteiger partial charge in [0.05, 0.1) is 29.1 Å². The molecule has 1 aromatic heterocycles. The van der Waals surface area contributed by atoms with Crippen LogP contribution in [0.15, 0.2) is 84.1 Å². The summed E-state index contributed by atoms with van der Waals surface area (Å²) in [7, 11) is 0. The van der Waals surface area contributed by atoms with Gasteiger partial charge in [-0.25, -0.2) is 13.5 Å². The summed E-state index contributed by atoms with van der Waals surface area (Å²) in [4.78, 5) is 4.61. The molecular formula is C26H18F2N4. The first-order valence-corrected chi connectivity index (χ1v) is 10.3. The predicted molar refractivity (Wildman–Crippen MR) is 119 cm³/mol. The molecular weight excluding hydrogens is 406 g/mol. The van der Waals surface area contributed by atoms with Gasteiger partial charge in [-0.3, -0.25) is 4.99 Å². The van der Waals surface area contributed by atoms with E-state index in [0.29, 0.717) is 17.7 Å². The number of hydrogen-bond donors (Lipinski definition) is 0. The summed E-state index contributed by atoms with van der Waals surface area (Å²) < 4.78 is 29.8. The molecule has 1 aliphatic heterocycles. The molecule has 0 radical (unpaired) electrons. The van der Waals surface area contributed by atoms with Crippen molar-refractivity contribution in [2.45, 2.75) is 18.9 Å². The lowest BCUT2D eigenvalue weighted by molar-refractivity contribution is 0.578. The lowest BCUT2D eigenvalue weighted by Crippen LogP contribution is -2.03.